The highest BCUT2D eigenvalue weighted by Crippen LogP contribution is 2.22. The molecule has 0 aromatic rings. The first-order valence-corrected chi connectivity index (χ1v) is 7.13. The summed E-state index contributed by atoms with van der Waals surface area (Å²) < 4.78 is 36.9. The largest absolute Gasteiger partial charge is 0.401 e. The number of nitrogens with zero attached hydrogens (tertiary/aromatic N) is 2. The number of likely N-dealkylation sites (tertiary alicyclic amines) is 2. The maximum absolute atomic E-state index is 12.3. The second-order valence-corrected chi connectivity index (χ2v) is 5.99. The molecule has 2 heterocycles. The van der Waals surface area contributed by atoms with E-state index in [1.165, 1.54) is 4.90 Å². The Kier molecular flexibility index (Phi) is 5.09. The Morgan fingerprint density at radius 2 is 1.79 bits per heavy atom. The van der Waals surface area contributed by atoms with Crippen molar-refractivity contribution in [3.05, 3.63) is 0 Å². The molecule has 2 aliphatic heterocycles. The highest BCUT2D eigenvalue weighted by molar-refractivity contribution is 4.82. The smallest absolute Gasteiger partial charge is 0.314 e. The maximum Gasteiger partial charge on any atom is 0.401 e. The molecule has 0 unspecified atom stereocenters. The third-order valence-electron chi connectivity index (χ3n) is 4.19. The van der Waals surface area contributed by atoms with Crippen molar-refractivity contribution >= 4 is 0 Å². The van der Waals surface area contributed by atoms with E-state index >= 15 is 0 Å². The molecule has 2 fully saturated rings. The lowest BCUT2D eigenvalue weighted by molar-refractivity contribution is -0.143. The zero-order valence-corrected chi connectivity index (χ0v) is 11.5. The molecule has 0 saturated carbocycles. The normalized spacial score (nSPS) is 28.1. The zero-order chi connectivity index (χ0) is 13.9. The number of hydrogen-bond donors (Lipinski definition) is 1. The van der Waals surface area contributed by atoms with Crippen LogP contribution in [0.15, 0.2) is 0 Å². The van der Waals surface area contributed by atoms with Crippen molar-refractivity contribution in [2.75, 3.05) is 46.3 Å². The van der Waals surface area contributed by atoms with Crippen LogP contribution in [0.25, 0.3) is 0 Å². The van der Waals surface area contributed by atoms with E-state index in [0.29, 0.717) is 25.0 Å². The second kappa shape index (κ2) is 6.41. The van der Waals surface area contributed by atoms with Gasteiger partial charge in [0.25, 0.3) is 0 Å². The van der Waals surface area contributed by atoms with Crippen LogP contribution >= 0.6 is 0 Å². The van der Waals surface area contributed by atoms with Crippen molar-refractivity contribution in [1.29, 1.82) is 0 Å². The average Bonchev–Trinajstić information content (AvgIpc) is 2.73. The summed E-state index contributed by atoms with van der Waals surface area (Å²) in [5, 5.41) is 3.53. The van der Waals surface area contributed by atoms with E-state index in [9.17, 15) is 13.2 Å². The van der Waals surface area contributed by atoms with Crippen LogP contribution in [-0.4, -0.2) is 68.3 Å². The summed E-state index contributed by atoms with van der Waals surface area (Å²) in [6, 6.07) is 0.549. The minimum Gasteiger partial charge on any atom is -0.314 e. The molecule has 0 aromatic carbocycles. The fourth-order valence-electron chi connectivity index (χ4n) is 3.02. The summed E-state index contributed by atoms with van der Waals surface area (Å²) in [6.07, 6.45) is -0.878. The molecule has 0 aromatic heterocycles. The van der Waals surface area contributed by atoms with Gasteiger partial charge in [0.15, 0.2) is 0 Å². The molecule has 0 radical (unpaired) electrons. The summed E-state index contributed by atoms with van der Waals surface area (Å²) in [5.74, 6) is 0.377. The molecular weight excluding hydrogens is 255 g/mol. The average molecular weight is 279 g/mol. The monoisotopic (exact) mass is 279 g/mol. The van der Waals surface area contributed by atoms with E-state index < -0.39 is 12.7 Å². The lowest BCUT2D eigenvalue weighted by Crippen LogP contribution is -2.42. The molecule has 6 heteroatoms. The van der Waals surface area contributed by atoms with Crippen molar-refractivity contribution in [3.8, 4) is 0 Å². The van der Waals surface area contributed by atoms with Crippen LogP contribution in [0.5, 0.6) is 0 Å². The molecule has 0 spiro atoms. The van der Waals surface area contributed by atoms with E-state index in [0.717, 1.165) is 38.9 Å². The van der Waals surface area contributed by atoms with Crippen molar-refractivity contribution in [2.45, 2.75) is 31.5 Å². The zero-order valence-electron chi connectivity index (χ0n) is 11.5. The van der Waals surface area contributed by atoms with Gasteiger partial charge in [-0.05, 0) is 58.4 Å². The van der Waals surface area contributed by atoms with Crippen molar-refractivity contribution in [2.24, 2.45) is 5.92 Å². The number of rotatable bonds is 4. The van der Waals surface area contributed by atoms with Crippen molar-refractivity contribution < 1.29 is 13.2 Å². The predicted octanol–water partition coefficient (Wildman–Crippen LogP) is 1.55. The van der Waals surface area contributed by atoms with Gasteiger partial charge in [-0.1, -0.05) is 0 Å². The van der Waals surface area contributed by atoms with Crippen LogP contribution in [0, 0.1) is 5.92 Å². The van der Waals surface area contributed by atoms with Crippen LogP contribution in [0.4, 0.5) is 13.2 Å². The first-order valence-electron chi connectivity index (χ1n) is 7.13. The molecule has 2 aliphatic rings. The Hall–Kier alpha value is -0.330. The number of piperidine rings is 1. The Bertz CT molecular complexity index is 275. The van der Waals surface area contributed by atoms with E-state index in [2.05, 4.69) is 17.3 Å². The topological polar surface area (TPSA) is 18.5 Å². The van der Waals surface area contributed by atoms with Gasteiger partial charge < -0.3 is 10.2 Å². The molecule has 3 nitrogen and oxygen atoms in total. The fourth-order valence-corrected chi connectivity index (χ4v) is 3.02. The summed E-state index contributed by atoms with van der Waals surface area (Å²) in [6.45, 7) is 3.50. The van der Waals surface area contributed by atoms with E-state index in [1.807, 2.05) is 0 Å². The summed E-state index contributed by atoms with van der Waals surface area (Å²) >= 11 is 0. The summed E-state index contributed by atoms with van der Waals surface area (Å²) in [4.78, 5) is 3.85. The Labute approximate surface area is 113 Å². The molecule has 0 aliphatic carbocycles. The molecule has 112 valence electrons. The van der Waals surface area contributed by atoms with Gasteiger partial charge in [-0.15, -0.1) is 0 Å². The number of nitrogens with one attached hydrogen (secondary N) is 1. The lowest BCUT2D eigenvalue weighted by Gasteiger charge is -2.30. The SMILES string of the molecule is CN1CCC(NC[C@H]2CCN(CC(F)(F)F)C2)CC1. The highest BCUT2D eigenvalue weighted by atomic mass is 19.4. The van der Waals surface area contributed by atoms with Gasteiger partial charge in [-0.3, -0.25) is 4.90 Å². The first kappa shape index (κ1) is 15.1. The van der Waals surface area contributed by atoms with Gasteiger partial charge in [-0.2, -0.15) is 13.2 Å². The van der Waals surface area contributed by atoms with Crippen molar-refractivity contribution in [3.63, 3.8) is 0 Å². The van der Waals surface area contributed by atoms with Gasteiger partial charge in [-0.25, -0.2) is 0 Å². The van der Waals surface area contributed by atoms with Gasteiger partial charge >= 0.3 is 6.18 Å². The van der Waals surface area contributed by atoms with Crippen LogP contribution in [0.3, 0.4) is 0 Å². The van der Waals surface area contributed by atoms with Gasteiger partial charge in [0, 0.05) is 12.6 Å². The summed E-state index contributed by atoms with van der Waals surface area (Å²) in [7, 11) is 2.13. The number of alkyl halides is 3. The van der Waals surface area contributed by atoms with Crippen LogP contribution in [0.1, 0.15) is 19.3 Å². The maximum atomic E-state index is 12.3. The quantitative estimate of drug-likeness (QED) is 0.842. The predicted molar refractivity (Wildman–Crippen MR) is 69.1 cm³/mol. The van der Waals surface area contributed by atoms with E-state index in [-0.39, 0.29) is 0 Å². The molecule has 1 N–H and O–H groups in total. The van der Waals surface area contributed by atoms with Crippen molar-refractivity contribution in [1.82, 2.24) is 15.1 Å². The van der Waals surface area contributed by atoms with Crippen LogP contribution in [-0.2, 0) is 0 Å². The molecule has 19 heavy (non-hydrogen) atoms. The van der Waals surface area contributed by atoms with Gasteiger partial charge in [0.1, 0.15) is 0 Å². The Morgan fingerprint density at radius 3 is 2.42 bits per heavy atom. The highest BCUT2D eigenvalue weighted by Gasteiger charge is 2.34. The van der Waals surface area contributed by atoms with Gasteiger partial charge in [0.2, 0.25) is 0 Å². The van der Waals surface area contributed by atoms with E-state index in [1.54, 1.807) is 0 Å². The molecule has 2 saturated heterocycles. The minimum absolute atomic E-state index is 0.377. The second-order valence-electron chi connectivity index (χ2n) is 5.99. The first-order chi connectivity index (χ1) is 8.92. The lowest BCUT2D eigenvalue weighted by atomic mass is 10.0. The van der Waals surface area contributed by atoms with Gasteiger partial charge in [0.05, 0.1) is 6.54 Å². The summed E-state index contributed by atoms with van der Waals surface area (Å²) in [5.41, 5.74) is 0. The molecular formula is C13H24F3N3. The minimum atomic E-state index is -4.06. The molecule has 1 atom stereocenters. The fraction of sp³-hybridized carbons (Fsp3) is 1.00. The third-order valence-corrected chi connectivity index (χ3v) is 4.19. The Balaban J connectivity index is 1.62. The van der Waals surface area contributed by atoms with Crippen LogP contribution < -0.4 is 5.32 Å². The van der Waals surface area contributed by atoms with E-state index in [4.69, 9.17) is 0 Å². The molecule has 0 bridgehead atoms. The van der Waals surface area contributed by atoms with Crippen LogP contribution in [0.2, 0.25) is 0 Å². The standard InChI is InChI=1S/C13H24F3N3/c1-18-5-3-12(4-6-18)17-8-11-2-7-19(9-11)10-13(14,15)16/h11-12,17H,2-10H2,1H3/t11-/m1/s1. The number of halogens is 3. The third kappa shape index (κ3) is 5.28. The molecule has 2 rings (SSSR count). The Morgan fingerprint density at radius 1 is 1.11 bits per heavy atom. The number of hydrogen-bond acceptors (Lipinski definition) is 3. The molecule has 0 amide bonds.